The number of hydrogen-bond donors (Lipinski definition) is 1. The summed E-state index contributed by atoms with van der Waals surface area (Å²) in [7, 11) is 1.69. The van der Waals surface area contributed by atoms with Crippen LogP contribution in [-0.2, 0) is 4.74 Å². The average molecular weight is 145 g/mol. The van der Waals surface area contributed by atoms with Crippen LogP contribution in [0.15, 0.2) is 0 Å². The Bertz CT molecular complexity index is 91.3. The van der Waals surface area contributed by atoms with Crippen molar-refractivity contribution in [3.8, 4) is 0 Å². The molecule has 0 aliphatic rings. The maximum absolute atomic E-state index is 5.96. The van der Waals surface area contributed by atoms with Gasteiger partial charge in [-0.25, -0.2) is 0 Å². The van der Waals surface area contributed by atoms with Crippen LogP contribution in [-0.4, -0.2) is 19.3 Å². The van der Waals surface area contributed by atoms with Gasteiger partial charge in [-0.2, -0.15) is 0 Å². The zero-order valence-electron chi connectivity index (χ0n) is 7.48. The molecule has 2 nitrogen and oxygen atoms in total. The minimum atomic E-state index is -0.163. The molecule has 0 aliphatic carbocycles. The second kappa shape index (κ2) is 3.94. The predicted octanol–water partition coefficient (Wildman–Crippen LogP) is 1.40. The van der Waals surface area contributed by atoms with Crippen LogP contribution < -0.4 is 5.73 Å². The van der Waals surface area contributed by atoms with Gasteiger partial charge in [0.1, 0.15) is 0 Å². The first kappa shape index (κ1) is 9.92. The summed E-state index contributed by atoms with van der Waals surface area (Å²) in [4.78, 5) is 0. The van der Waals surface area contributed by atoms with Crippen LogP contribution in [0.5, 0.6) is 0 Å². The van der Waals surface area contributed by atoms with Crippen molar-refractivity contribution < 1.29 is 4.74 Å². The number of nitrogens with two attached hydrogens (primary N) is 1. The first-order valence-electron chi connectivity index (χ1n) is 3.82. The number of rotatable bonds is 4. The third-order valence-corrected chi connectivity index (χ3v) is 2.19. The predicted molar refractivity (Wildman–Crippen MR) is 43.9 cm³/mol. The van der Waals surface area contributed by atoms with E-state index in [1.165, 1.54) is 0 Å². The highest BCUT2D eigenvalue weighted by atomic mass is 16.5. The van der Waals surface area contributed by atoms with Crippen molar-refractivity contribution in [2.45, 2.75) is 32.7 Å². The molecule has 0 heterocycles. The van der Waals surface area contributed by atoms with Gasteiger partial charge >= 0.3 is 0 Å². The largest absolute Gasteiger partial charge is 0.383 e. The third kappa shape index (κ3) is 2.67. The number of methoxy groups -OCH3 is 1. The molecule has 0 radical (unpaired) electrons. The second-order valence-electron chi connectivity index (χ2n) is 3.25. The molecule has 0 saturated heterocycles. The van der Waals surface area contributed by atoms with Crippen molar-refractivity contribution in [2.75, 3.05) is 13.7 Å². The van der Waals surface area contributed by atoms with E-state index in [1.807, 2.05) is 6.92 Å². The van der Waals surface area contributed by atoms with Gasteiger partial charge in [0.05, 0.1) is 6.61 Å². The highest BCUT2D eigenvalue weighted by molar-refractivity contribution is 4.83. The van der Waals surface area contributed by atoms with Gasteiger partial charge < -0.3 is 10.5 Å². The molecule has 0 aromatic heterocycles. The summed E-state index contributed by atoms with van der Waals surface area (Å²) >= 11 is 0. The van der Waals surface area contributed by atoms with E-state index in [4.69, 9.17) is 10.5 Å². The number of ether oxygens (including phenoxy) is 1. The quantitative estimate of drug-likeness (QED) is 0.649. The van der Waals surface area contributed by atoms with Crippen molar-refractivity contribution in [3.63, 3.8) is 0 Å². The van der Waals surface area contributed by atoms with E-state index in [-0.39, 0.29) is 5.54 Å². The molecule has 62 valence electrons. The van der Waals surface area contributed by atoms with E-state index in [2.05, 4.69) is 13.8 Å². The fraction of sp³-hybridized carbons (Fsp3) is 1.00. The molecule has 0 rings (SSSR count). The Hall–Kier alpha value is -0.0800. The minimum absolute atomic E-state index is 0.163. The average Bonchev–Trinajstić information content (AvgIpc) is 1.86. The lowest BCUT2D eigenvalue weighted by atomic mass is 9.87. The first-order chi connectivity index (χ1) is 4.54. The topological polar surface area (TPSA) is 35.2 Å². The summed E-state index contributed by atoms with van der Waals surface area (Å²) < 4.78 is 5.00. The normalized spacial score (nSPS) is 20.1. The summed E-state index contributed by atoms with van der Waals surface area (Å²) in [6, 6.07) is 0. The van der Waals surface area contributed by atoms with E-state index >= 15 is 0 Å². The maximum Gasteiger partial charge on any atom is 0.0642 e. The van der Waals surface area contributed by atoms with Crippen molar-refractivity contribution in [3.05, 3.63) is 0 Å². The highest BCUT2D eigenvalue weighted by Gasteiger charge is 2.24. The molecule has 0 saturated carbocycles. The SMILES string of the molecule is CCC(C)C(C)(N)COC. The molecule has 2 atom stereocenters. The van der Waals surface area contributed by atoms with Gasteiger partial charge in [-0.15, -0.1) is 0 Å². The summed E-state index contributed by atoms with van der Waals surface area (Å²) in [5.74, 6) is 0.521. The maximum atomic E-state index is 5.96. The highest BCUT2D eigenvalue weighted by Crippen LogP contribution is 2.16. The van der Waals surface area contributed by atoms with Gasteiger partial charge in [-0.1, -0.05) is 20.3 Å². The van der Waals surface area contributed by atoms with Crippen molar-refractivity contribution in [2.24, 2.45) is 11.7 Å². The Kier molecular flexibility index (Phi) is 3.91. The van der Waals surface area contributed by atoms with Crippen LogP contribution in [0.3, 0.4) is 0 Å². The van der Waals surface area contributed by atoms with Gasteiger partial charge in [0.2, 0.25) is 0 Å². The molecule has 2 heteroatoms. The molecule has 0 bridgehead atoms. The first-order valence-corrected chi connectivity index (χ1v) is 3.82. The smallest absolute Gasteiger partial charge is 0.0642 e. The monoisotopic (exact) mass is 145 g/mol. The van der Waals surface area contributed by atoms with E-state index in [1.54, 1.807) is 7.11 Å². The summed E-state index contributed by atoms with van der Waals surface area (Å²) in [5.41, 5.74) is 5.79. The molecule has 0 aromatic rings. The molecule has 2 N–H and O–H groups in total. The lowest BCUT2D eigenvalue weighted by Gasteiger charge is -2.29. The Morgan fingerprint density at radius 3 is 2.40 bits per heavy atom. The van der Waals surface area contributed by atoms with Crippen LogP contribution in [0.4, 0.5) is 0 Å². The fourth-order valence-electron chi connectivity index (χ4n) is 0.920. The molecule has 0 amide bonds. The Balaban J connectivity index is 3.82. The molecular weight excluding hydrogens is 126 g/mol. The van der Waals surface area contributed by atoms with Crippen LogP contribution >= 0.6 is 0 Å². The molecule has 0 aromatic carbocycles. The second-order valence-corrected chi connectivity index (χ2v) is 3.25. The van der Waals surface area contributed by atoms with Crippen LogP contribution in [0.2, 0.25) is 0 Å². The molecule has 0 spiro atoms. The van der Waals surface area contributed by atoms with Crippen molar-refractivity contribution >= 4 is 0 Å². The molecule has 0 fully saturated rings. The zero-order valence-corrected chi connectivity index (χ0v) is 7.48. The van der Waals surface area contributed by atoms with Gasteiger partial charge in [-0.3, -0.25) is 0 Å². The molecule has 0 aliphatic heterocycles. The lowest BCUT2D eigenvalue weighted by Crippen LogP contribution is -2.46. The van der Waals surface area contributed by atoms with Crippen molar-refractivity contribution in [1.82, 2.24) is 0 Å². The lowest BCUT2D eigenvalue weighted by molar-refractivity contribution is 0.109. The Labute approximate surface area is 63.7 Å². The van der Waals surface area contributed by atoms with Crippen LogP contribution in [0.1, 0.15) is 27.2 Å². The minimum Gasteiger partial charge on any atom is -0.383 e. The van der Waals surface area contributed by atoms with Gasteiger partial charge in [-0.05, 0) is 12.8 Å². The Morgan fingerprint density at radius 1 is 1.60 bits per heavy atom. The van der Waals surface area contributed by atoms with E-state index in [9.17, 15) is 0 Å². The van der Waals surface area contributed by atoms with E-state index in [0.717, 1.165) is 6.42 Å². The third-order valence-electron chi connectivity index (χ3n) is 2.19. The van der Waals surface area contributed by atoms with E-state index < -0.39 is 0 Å². The summed E-state index contributed by atoms with van der Waals surface area (Å²) in [5, 5.41) is 0. The van der Waals surface area contributed by atoms with Gasteiger partial charge in [0, 0.05) is 12.6 Å². The fourth-order valence-corrected chi connectivity index (χ4v) is 0.920. The molecule has 10 heavy (non-hydrogen) atoms. The number of hydrogen-bond acceptors (Lipinski definition) is 2. The van der Waals surface area contributed by atoms with Gasteiger partial charge in [0.15, 0.2) is 0 Å². The molecule has 2 unspecified atom stereocenters. The standard InChI is InChI=1S/C8H19NO/c1-5-7(2)8(3,9)6-10-4/h7H,5-6,9H2,1-4H3. The van der Waals surface area contributed by atoms with Gasteiger partial charge in [0.25, 0.3) is 0 Å². The Morgan fingerprint density at radius 2 is 2.10 bits per heavy atom. The molecular formula is C8H19NO. The van der Waals surface area contributed by atoms with E-state index in [0.29, 0.717) is 12.5 Å². The van der Waals surface area contributed by atoms with Crippen LogP contribution in [0.25, 0.3) is 0 Å². The zero-order chi connectivity index (χ0) is 8.20. The summed E-state index contributed by atoms with van der Waals surface area (Å²) in [6.45, 7) is 6.97. The van der Waals surface area contributed by atoms with Crippen LogP contribution in [0, 0.1) is 5.92 Å². The van der Waals surface area contributed by atoms with Crippen molar-refractivity contribution in [1.29, 1.82) is 0 Å². The summed E-state index contributed by atoms with van der Waals surface area (Å²) in [6.07, 6.45) is 1.11.